The number of aromatic carboxylic acids is 1. The highest BCUT2D eigenvalue weighted by atomic mass is 32.1. The molecule has 1 aliphatic rings. The second-order valence-electron chi connectivity index (χ2n) is 8.26. The first-order chi connectivity index (χ1) is 16.7. The molecular weight excluding hydrogens is 496 g/mol. The minimum Gasteiger partial charge on any atom is -0.477 e. The topological polar surface area (TPSA) is 111 Å². The first-order valence-corrected chi connectivity index (χ1v) is 13.5. The Labute approximate surface area is 205 Å². The SMILES string of the molecule is C[C@H](NP(=O)(Oc1ccccc1)[C@@H](F)c1ccc2sc(C(=O)O)cc2c1)C(=O)OC[C@H]1CCOC1. The lowest BCUT2D eigenvalue weighted by Gasteiger charge is -2.26. The van der Waals surface area contributed by atoms with Crippen LogP contribution < -0.4 is 9.61 Å². The molecule has 3 aromatic rings. The van der Waals surface area contributed by atoms with Crippen LogP contribution in [0.3, 0.4) is 0 Å². The van der Waals surface area contributed by atoms with Gasteiger partial charge in [0.15, 0.2) is 0 Å². The molecule has 1 aliphatic heterocycles. The second-order valence-corrected chi connectivity index (χ2v) is 11.4. The van der Waals surface area contributed by atoms with Gasteiger partial charge >= 0.3 is 19.5 Å². The van der Waals surface area contributed by atoms with E-state index in [1.54, 1.807) is 24.3 Å². The van der Waals surface area contributed by atoms with Crippen molar-refractivity contribution in [1.29, 1.82) is 0 Å². The summed E-state index contributed by atoms with van der Waals surface area (Å²) in [5.41, 5.74) is 0.0303. The van der Waals surface area contributed by atoms with Crippen LogP contribution in [0.25, 0.3) is 10.1 Å². The number of carboxylic acid groups (broad SMARTS) is 1. The van der Waals surface area contributed by atoms with Gasteiger partial charge in [-0.2, -0.15) is 0 Å². The van der Waals surface area contributed by atoms with Gasteiger partial charge in [-0.25, -0.2) is 14.3 Å². The molecule has 0 bridgehead atoms. The van der Waals surface area contributed by atoms with Crippen LogP contribution in [0.15, 0.2) is 54.6 Å². The third-order valence-corrected chi connectivity index (χ3v) is 8.75. The van der Waals surface area contributed by atoms with Crippen molar-refractivity contribution < 1.29 is 37.6 Å². The highest BCUT2D eigenvalue weighted by molar-refractivity contribution is 7.57. The zero-order chi connectivity index (χ0) is 25.0. The summed E-state index contributed by atoms with van der Waals surface area (Å²) < 4.78 is 46.6. The number of esters is 1. The van der Waals surface area contributed by atoms with Gasteiger partial charge in [0.05, 0.1) is 13.2 Å². The van der Waals surface area contributed by atoms with Crippen molar-refractivity contribution in [3.63, 3.8) is 0 Å². The number of hydrogen-bond donors (Lipinski definition) is 2. The maximum atomic E-state index is 15.9. The van der Waals surface area contributed by atoms with Crippen LogP contribution in [-0.2, 0) is 18.8 Å². The quantitative estimate of drug-likeness (QED) is 0.270. The fourth-order valence-electron chi connectivity index (χ4n) is 3.65. The largest absolute Gasteiger partial charge is 0.477 e. The Morgan fingerprint density at radius 1 is 1.26 bits per heavy atom. The third kappa shape index (κ3) is 6.08. The van der Waals surface area contributed by atoms with Crippen LogP contribution in [0.4, 0.5) is 4.39 Å². The van der Waals surface area contributed by atoms with Crippen molar-refractivity contribution in [1.82, 2.24) is 5.09 Å². The number of nitrogens with one attached hydrogen (secondary N) is 1. The van der Waals surface area contributed by atoms with E-state index < -0.39 is 31.4 Å². The van der Waals surface area contributed by atoms with E-state index in [-0.39, 0.29) is 28.7 Å². The van der Waals surface area contributed by atoms with Gasteiger partial charge in [-0.05, 0) is 54.6 Å². The number of rotatable bonds is 10. The van der Waals surface area contributed by atoms with E-state index >= 15 is 4.39 Å². The molecule has 2 heterocycles. The van der Waals surface area contributed by atoms with Crippen molar-refractivity contribution in [2.24, 2.45) is 5.92 Å². The van der Waals surface area contributed by atoms with Crippen molar-refractivity contribution in [2.45, 2.75) is 25.3 Å². The monoisotopic (exact) mass is 521 g/mol. The summed E-state index contributed by atoms with van der Waals surface area (Å²) in [4.78, 5) is 23.9. The Kier molecular flexibility index (Phi) is 7.86. The van der Waals surface area contributed by atoms with Crippen LogP contribution in [0.1, 0.15) is 34.5 Å². The summed E-state index contributed by atoms with van der Waals surface area (Å²) in [6.45, 7) is 2.71. The standard InChI is InChI=1S/C24H25FNO7PS/c1-15(24(29)32-14-16-9-10-31-13-16)26-34(30,33-19-5-3-2-4-6-19)22(25)17-7-8-20-18(11-17)12-21(35-20)23(27)28/h2-8,11-12,15-16,22H,9-10,13-14H2,1H3,(H,26,30)(H,27,28)/t15-,16-,22+,34?/m0/s1. The summed E-state index contributed by atoms with van der Waals surface area (Å²) in [5, 5.41) is 12.3. The molecule has 1 saturated heterocycles. The molecular formula is C24H25FNO7PS. The highest BCUT2D eigenvalue weighted by Gasteiger charge is 2.41. The molecule has 4 rings (SSSR count). The van der Waals surface area contributed by atoms with Crippen molar-refractivity contribution in [3.05, 3.63) is 65.0 Å². The lowest BCUT2D eigenvalue weighted by atomic mass is 10.1. The number of ether oxygens (including phenoxy) is 2. The number of benzene rings is 2. The minimum atomic E-state index is -4.36. The maximum absolute atomic E-state index is 15.9. The molecule has 4 atom stereocenters. The van der Waals surface area contributed by atoms with Gasteiger partial charge in [0, 0.05) is 17.2 Å². The predicted molar refractivity (Wildman–Crippen MR) is 130 cm³/mol. The average Bonchev–Trinajstić information content (AvgIpc) is 3.52. The maximum Gasteiger partial charge on any atom is 0.355 e. The fourth-order valence-corrected chi connectivity index (χ4v) is 6.44. The summed E-state index contributed by atoms with van der Waals surface area (Å²) in [5.74, 6) is -3.64. The molecule has 0 spiro atoms. The molecule has 186 valence electrons. The van der Waals surface area contributed by atoms with E-state index in [9.17, 15) is 19.3 Å². The molecule has 1 unspecified atom stereocenters. The normalized spacial score (nSPS) is 19.1. The van der Waals surface area contributed by atoms with E-state index in [2.05, 4.69) is 5.09 Å². The number of carbonyl (C=O) groups excluding carboxylic acids is 1. The molecule has 0 radical (unpaired) electrons. The van der Waals surface area contributed by atoms with Gasteiger partial charge < -0.3 is 19.1 Å². The van der Waals surface area contributed by atoms with E-state index in [0.717, 1.165) is 17.8 Å². The summed E-state index contributed by atoms with van der Waals surface area (Å²) >= 11 is 1.06. The van der Waals surface area contributed by atoms with Crippen LogP contribution in [0.5, 0.6) is 5.75 Å². The van der Waals surface area contributed by atoms with E-state index in [4.69, 9.17) is 14.0 Å². The van der Waals surface area contributed by atoms with Gasteiger partial charge in [0.2, 0.25) is 5.91 Å². The van der Waals surface area contributed by atoms with Crippen molar-refractivity contribution in [2.75, 3.05) is 19.8 Å². The zero-order valence-corrected chi connectivity index (χ0v) is 20.6. The number of carbonyl (C=O) groups is 2. The molecule has 2 aromatic carbocycles. The molecule has 35 heavy (non-hydrogen) atoms. The number of carboxylic acids is 1. The zero-order valence-electron chi connectivity index (χ0n) is 18.9. The first kappa shape index (κ1) is 25.3. The Bertz CT molecular complexity index is 1250. The third-order valence-electron chi connectivity index (χ3n) is 5.52. The van der Waals surface area contributed by atoms with Crippen LogP contribution in [-0.4, -0.2) is 42.9 Å². The molecule has 1 aromatic heterocycles. The van der Waals surface area contributed by atoms with E-state index in [1.165, 1.54) is 37.3 Å². The number of thiophene rings is 1. The Hall–Kier alpha value is -2.78. The number of alkyl halides is 1. The van der Waals surface area contributed by atoms with Gasteiger partial charge in [0.25, 0.3) is 0 Å². The number of hydrogen-bond acceptors (Lipinski definition) is 7. The lowest BCUT2D eigenvalue weighted by Crippen LogP contribution is -2.36. The van der Waals surface area contributed by atoms with Gasteiger partial charge in [-0.1, -0.05) is 24.3 Å². The Morgan fingerprint density at radius 3 is 2.71 bits per heavy atom. The summed E-state index contributed by atoms with van der Waals surface area (Å²) in [6, 6.07) is 12.9. The van der Waals surface area contributed by atoms with Crippen LogP contribution in [0.2, 0.25) is 0 Å². The molecule has 1 fully saturated rings. The highest BCUT2D eigenvalue weighted by Crippen LogP contribution is 2.58. The number of halogens is 1. The Morgan fingerprint density at radius 2 is 2.03 bits per heavy atom. The molecule has 8 nitrogen and oxygen atoms in total. The van der Waals surface area contributed by atoms with Gasteiger partial charge in [-0.15, -0.1) is 11.3 Å². The van der Waals surface area contributed by atoms with Gasteiger partial charge in [0.1, 0.15) is 16.7 Å². The second kappa shape index (κ2) is 10.9. The van der Waals surface area contributed by atoms with Gasteiger partial charge in [-0.3, -0.25) is 9.36 Å². The Balaban J connectivity index is 1.57. The molecule has 0 aliphatic carbocycles. The molecule has 11 heteroatoms. The molecule has 0 amide bonds. The first-order valence-electron chi connectivity index (χ1n) is 11.0. The predicted octanol–water partition coefficient (Wildman–Crippen LogP) is 5.40. The van der Waals surface area contributed by atoms with Crippen LogP contribution in [0, 0.1) is 5.92 Å². The van der Waals surface area contributed by atoms with Crippen LogP contribution >= 0.6 is 18.9 Å². The average molecular weight is 522 g/mol. The fraction of sp³-hybridized carbons (Fsp3) is 0.333. The number of para-hydroxylation sites is 1. The molecule has 2 N–H and O–H groups in total. The molecule has 0 saturated carbocycles. The lowest BCUT2D eigenvalue weighted by molar-refractivity contribution is -0.146. The smallest absolute Gasteiger partial charge is 0.355 e. The van der Waals surface area contributed by atoms with Crippen molar-refractivity contribution >= 4 is 40.9 Å². The van der Waals surface area contributed by atoms with Crippen molar-refractivity contribution in [3.8, 4) is 5.75 Å². The van der Waals surface area contributed by atoms with E-state index in [0.29, 0.717) is 23.3 Å². The minimum absolute atomic E-state index is 0.0303. The number of fused-ring (bicyclic) bond motifs is 1. The summed E-state index contributed by atoms with van der Waals surface area (Å²) in [6.07, 6.45) is 0.784. The van der Waals surface area contributed by atoms with E-state index in [1.807, 2.05) is 0 Å². The summed E-state index contributed by atoms with van der Waals surface area (Å²) in [7, 11) is -4.36.